The molecule has 0 bridgehead atoms. The number of aliphatic hydroxyl groups excluding tert-OH is 1. The summed E-state index contributed by atoms with van der Waals surface area (Å²) in [5, 5.41) is 9.91. The van der Waals surface area contributed by atoms with Crippen LogP contribution in [0.4, 0.5) is 5.69 Å². The molecule has 0 heterocycles. The third-order valence-corrected chi connectivity index (χ3v) is 2.97. The number of anilines is 1. The summed E-state index contributed by atoms with van der Waals surface area (Å²) in [6.07, 6.45) is 3.15. The van der Waals surface area contributed by atoms with E-state index in [9.17, 15) is 5.11 Å². The van der Waals surface area contributed by atoms with Crippen LogP contribution in [-0.2, 0) is 0 Å². The van der Waals surface area contributed by atoms with E-state index in [2.05, 4.69) is 11.8 Å². The van der Waals surface area contributed by atoms with Crippen LogP contribution in [0.25, 0.3) is 0 Å². The second-order valence-corrected chi connectivity index (χ2v) is 5.01. The van der Waals surface area contributed by atoms with Gasteiger partial charge in [0.1, 0.15) is 18.5 Å². The van der Waals surface area contributed by atoms with Crippen molar-refractivity contribution in [3.05, 3.63) is 24.3 Å². The van der Waals surface area contributed by atoms with Gasteiger partial charge < -0.3 is 20.5 Å². The number of hydrogen-bond donors (Lipinski definition) is 2. The van der Waals surface area contributed by atoms with Crippen LogP contribution in [-0.4, -0.2) is 42.9 Å². The van der Waals surface area contributed by atoms with E-state index in [0.717, 1.165) is 6.54 Å². The number of likely N-dealkylation sites (N-methyl/N-ethyl adjacent to an activating group) is 1. The summed E-state index contributed by atoms with van der Waals surface area (Å²) in [5.74, 6) is 0.702. The number of hydrogen-bond acceptors (Lipinski definition) is 4. The molecule has 0 fully saturated rings. The zero-order chi connectivity index (χ0) is 14.1. The van der Waals surface area contributed by atoms with Crippen molar-refractivity contribution in [2.24, 2.45) is 0 Å². The van der Waals surface area contributed by atoms with Gasteiger partial charge in [-0.25, -0.2) is 0 Å². The van der Waals surface area contributed by atoms with E-state index >= 15 is 0 Å². The number of ether oxygens (including phenoxy) is 1. The Kier molecular flexibility index (Phi) is 7.30. The molecule has 19 heavy (non-hydrogen) atoms. The van der Waals surface area contributed by atoms with Gasteiger partial charge in [0, 0.05) is 18.3 Å². The first-order valence-corrected chi connectivity index (χ1v) is 6.96. The number of aliphatic hydroxyl groups is 1. The standard InChI is InChI=1S/C15H26N2O2/c1-3-4-5-9-17(2)11-14(18)12-19-15-8-6-7-13(16)10-15/h6-8,10,14,18H,3-5,9,11-12,16H2,1-2H3. The Morgan fingerprint density at radius 3 is 2.84 bits per heavy atom. The second-order valence-electron chi connectivity index (χ2n) is 5.01. The molecule has 108 valence electrons. The van der Waals surface area contributed by atoms with Crippen molar-refractivity contribution in [1.29, 1.82) is 0 Å². The van der Waals surface area contributed by atoms with Crippen LogP contribution in [0.2, 0.25) is 0 Å². The van der Waals surface area contributed by atoms with Gasteiger partial charge in [-0.3, -0.25) is 0 Å². The molecule has 0 radical (unpaired) electrons. The van der Waals surface area contributed by atoms with Crippen molar-refractivity contribution < 1.29 is 9.84 Å². The summed E-state index contributed by atoms with van der Waals surface area (Å²) >= 11 is 0. The lowest BCUT2D eigenvalue weighted by Gasteiger charge is -2.20. The van der Waals surface area contributed by atoms with Gasteiger partial charge in [0.15, 0.2) is 0 Å². The fourth-order valence-electron chi connectivity index (χ4n) is 1.93. The van der Waals surface area contributed by atoms with E-state index in [-0.39, 0.29) is 0 Å². The van der Waals surface area contributed by atoms with Crippen LogP contribution in [0, 0.1) is 0 Å². The zero-order valence-corrected chi connectivity index (χ0v) is 12.0. The molecule has 0 amide bonds. The summed E-state index contributed by atoms with van der Waals surface area (Å²) in [7, 11) is 2.03. The lowest BCUT2D eigenvalue weighted by atomic mass is 10.2. The average Bonchev–Trinajstić information content (AvgIpc) is 2.37. The lowest BCUT2D eigenvalue weighted by molar-refractivity contribution is 0.0759. The Balaban J connectivity index is 2.21. The fraction of sp³-hybridized carbons (Fsp3) is 0.600. The highest BCUT2D eigenvalue weighted by molar-refractivity contribution is 5.43. The largest absolute Gasteiger partial charge is 0.491 e. The molecular formula is C15H26N2O2. The summed E-state index contributed by atoms with van der Waals surface area (Å²) in [5.41, 5.74) is 6.33. The molecule has 1 aromatic carbocycles. The number of nitrogen functional groups attached to an aromatic ring is 1. The Morgan fingerprint density at radius 1 is 1.37 bits per heavy atom. The zero-order valence-electron chi connectivity index (χ0n) is 12.0. The van der Waals surface area contributed by atoms with Crippen LogP contribution in [0.5, 0.6) is 5.75 Å². The normalized spacial score (nSPS) is 12.6. The lowest BCUT2D eigenvalue weighted by Crippen LogP contribution is -2.33. The van der Waals surface area contributed by atoms with E-state index in [1.54, 1.807) is 6.07 Å². The molecular weight excluding hydrogens is 240 g/mol. The van der Waals surface area contributed by atoms with Crippen LogP contribution in [0.15, 0.2) is 24.3 Å². The molecule has 0 saturated carbocycles. The number of benzene rings is 1. The average molecular weight is 266 g/mol. The molecule has 0 aliphatic carbocycles. The van der Waals surface area contributed by atoms with E-state index in [0.29, 0.717) is 24.6 Å². The minimum absolute atomic E-state index is 0.293. The van der Waals surface area contributed by atoms with Crippen molar-refractivity contribution in [1.82, 2.24) is 4.90 Å². The quantitative estimate of drug-likeness (QED) is 0.531. The molecule has 1 rings (SSSR count). The minimum atomic E-state index is -0.479. The van der Waals surface area contributed by atoms with Crippen LogP contribution >= 0.6 is 0 Å². The van der Waals surface area contributed by atoms with Crippen molar-refractivity contribution in [3.63, 3.8) is 0 Å². The fourth-order valence-corrected chi connectivity index (χ4v) is 1.93. The summed E-state index contributed by atoms with van der Waals surface area (Å²) in [6.45, 7) is 4.13. The Labute approximate surface area is 116 Å². The van der Waals surface area contributed by atoms with Gasteiger partial charge in [-0.15, -0.1) is 0 Å². The molecule has 0 aliphatic rings. The molecule has 3 N–H and O–H groups in total. The minimum Gasteiger partial charge on any atom is -0.491 e. The van der Waals surface area contributed by atoms with E-state index < -0.39 is 6.10 Å². The molecule has 4 heteroatoms. The van der Waals surface area contributed by atoms with Crippen LogP contribution in [0.3, 0.4) is 0 Å². The van der Waals surface area contributed by atoms with Gasteiger partial charge in [0.2, 0.25) is 0 Å². The van der Waals surface area contributed by atoms with Crippen LogP contribution in [0.1, 0.15) is 26.2 Å². The maximum absolute atomic E-state index is 9.91. The molecule has 1 unspecified atom stereocenters. The molecule has 0 aromatic heterocycles. The predicted molar refractivity (Wildman–Crippen MR) is 79.4 cm³/mol. The monoisotopic (exact) mass is 266 g/mol. The first-order valence-electron chi connectivity index (χ1n) is 6.96. The molecule has 1 atom stereocenters. The SMILES string of the molecule is CCCCCN(C)CC(O)COc1cccc(N)c1. The number of rotatable bonds is 9. The number of nitrogens with zero attached hydrogens (tertiary/aromatic N) is 1. The Morgan fingerprint density at radius 2 is 2.16 bits per heavy atom. The van der Waals surface area contributed by atoms with Crippen molar-refractivity contribution in [2.45, 2.75) is 32.3 Å². The molecule has 4 nitrogen and oxygen atoms in total. The molecule has 0 spiro atoms. The number of unbranched alkanes of at least 4 members (excludes halogenated alkanes) is 2. The number of nitrogens with two attached hydrogens (primary N) is 1. The second kappa shape index (κ2) is 8.77. The van der Waals surface area contributed by atoms with E-state index in [1.165, 1.54) is 19.3 Å². The predicted octanol–water partition coefficient (Wildman–Crippen LogP) is 2.13. The Hall–Kier alpha value is -1.26. The third kappa shape index (κ3) is 7.03. The van der Waals surface area contributed by atoms with Gasteiger partial charge in [-0.1, -0.05) is 25.8 Å². The van der Waals surface area contributed by atoms with Gasteiger partial charge >= 0.3 is 0 Å². The topological polar surface area (TPSA) is 58.7 Å². The highest BCUT2D eigenvalue weighted by Crippen LogP contribution is 2.14. The molecule has 1 aromatic rings. The summed E-state index contributed by atoms with van der Waals surface area (Å²) in [4.78, 5) is 2.14. The van der Waals surface area contributed by atoms with Gasteiger partial charge in [-0.2, -0.15) is 0 Å². The highest BCUT2D eigenvalue weighted by Gasteiger charge is 2.09. The Bertz CT molecular complexity index is 358. The first-order chi connectivity index (χ1) is 9.11. The van der Waals surface area contributed by atoms with E-state index in [1.807, 2.05) is 25.2 Å². The van der Waals surface area contributed by atoms with Crippen molar-refractivity contribution in [2.75, 3.05) is 32.5 Å². The first kappa shape index (κ1) is 15.8. The molecule has 0 aliphatic heterocycles. The summed E-state index contributed by atoms with van der Waals surface area (Å²) in [6, 6.07) is 7.25. The maximum Gasteiger partial charge on any atom is 0.121 e. The van der Waals surface area contributed by atoms with Gasteiger partial charge in [0.25, 0.3) is 0 Å². The maximum atomic E-state index is 9.91. The summed E-state index contributed by atoms with van der Waals surface area (Å²) < 4.78 is 5.52. The van der Waals surface area contributed by atoms with E-state index in [4.69, 9.17) is 10.5 Å². The van der Waals surface area contributed by atoms with Crippen molar-refractivity contribution >= 4 is 5.69 Å². The third-order valence-electron chi connectivity index (χ3n) is 2.97. The highest BCUT2D eigenvalue weighted by atomic mass is 16.5. The van der Waals surface area contributed by atoms with Crippen LogP contribution < -0.4 is 10.5 Å². The smallest absolute Gasteiger partial charge is 0.121 e. The van der Waals surface area contributed by atoms with Crippen molar-refractivity contribution in [3.8, 4) is 5.75 Å². The molecule has 0 saturated heterocycles. The van der Waals surface area contributed by atoms with Gasteiger partial charge in [-0.05, 0) is 32.1 Å². The van der Waals surface area contributed by atoms with Gasteiger partial charge in [0.05, 0.1) is 0 Å².